The second-order valence-electron chi connectivity index (χ2n) is 18.8. The van der Waals surface area contributed by atoms with Gasteiger partial charge in [-0.2, -0.15) is 29.8 Å². The van der Waals surface area contributed by atoms with Crippen LogP contribution in [0, 0.1) is 5.92 Å². The average Bonchev–Trinajstić information content (AvgIpc) is 3.59. The predicted molar refractivity (Wildman–Crippen MR) is 266 cm³/mol. The van der Waals surface area contributed by atoms with Crippen LogP contribution < -0.4 is 4.90 Å². The summed E-state index contributed by atoms with van der Waals surface area (Å²) in [6.45, 7) is 11.3. The van der Waals surface area contributed by atoms with Crippen molar-refractivity contribution in [3.05, 3.63) is 102 Å². The van der Waals surface area contributed by atoms with Gasteiger partial charge >= 0.3 is 0 Å². The minimum absolute atomic E-state index is 0.0192. The number of fused-ring (bicyclic) bond motifs is 6. The quantitative estimate of drug-likeness (QED) is 0.0484. The van der Waals surface area contributed by atoms with Gasteiger partial charge in [-0.05, 0) is 79.4 Å². The molecule has 2 aliphatic rings. The van der Waals surface area contributed by atoms with Crippen molar-refractivity contribution < 1.29 is 69.7 Å². The molecule has 4 aromatic rings. The fourth-order valence-corrected chi connectivity index (χ4v) is 13.2. The highest BCUT2D eigenvalue weighted by molar-refractivity contribution is 7.89. The SMILES string of the molecule is CC(C)C(=O)CCCN(C)S(=O)(=O)c1cccc2c3c(ccc12)N(CCCS(=O)(=O)[O-])/C(=C/C=C/C=C/C1=[N+](CCCS(=O)(=O)O)c2ccc4c(S(=O)(=O)O)cc(S(=O)(=O)O)cc4c2C1(C)C)C3(C)C. The Bertz CT molecular complexity index is 3500. The van der Waals surface area contributed by atoms with E-state index in [1.165, 1.54) is 23.5 Å². The van der Waals surface area contributed by atoms with Gasteiger partial charge in [-0.15, -0.1) is 0 Å². The molecule has 0 bridgehead atoms. The first-order valence-electron chi connectivity index (χ1n) is 22.2. The number of carbonyl (C=O) groups is 1. The average molecular weight is 1060 g/mol. The number of Topliss-reactive ketones (excluding diaryl/α,β-unsaturated/α-hetero) is 1. The van der Waals surface area contributed by atoms with Crippen molar-refractivity contribution in [1.29, 1.82) is 0 Å². The molecule has 3 N–H and O–H groups in total. The van der Waals surface area contributed by atoms with E-state index in [1.54, 1.807) is 86.9 Å². The normalized spacial score (nSPS) is 17.1. The van der Waals surface area contributed by atoms with Crippen molar-refractivity contribution in [1.82, 2.24) is 4.31 Å². The Morgan fingerprint density at radius 3 is 2.01 bits per heavy atom. The van der Waals surface area contributed by atoms with Crippen molar-refractivity contribution in [3.63, 3.8) is 0 Å². The number of hydrogen-bond donors (Lipinski definition) is 3. The maximum atomic E-state index is 14.1. The van der Waals surface area contributed by atoms with E-state index in [-0.39, 0.29) is 66.3 Å². The lowest BCUT2D eigenvalue weighted by Gasteiger charge is -2.27. The summed E-state index contributed by atoms with van der Waals surface area (Å²) in [6, 6.07) is 13.1. The van der Waals surface area contributed by atoms with Crippen LogP contribution >= 0.6 is 0 Å². The van der Waals surface area contributed by atoms with Gasteiger partial charge in [0.05, 0.1) is 31.1 Å². The number of benzene rings is 4. The largest absolute Gasteiger partial charge is 0.748 e. The van der Waals surface area contributed by atoms with Crippen molar-refractivity contribution in [2.45, 2.75) is 92.7 Å². The minimum atomic E-state index is -5.02. The maximum Gasteiger partial charge on any atom is 0.295 e. The molecule has 0 radical (unpaired) electrons. The molecule has 0 unspecified atom stereocenters. The molecule has 23 heteroatoms. The Hall–Kier alpha value is -4.69. The lowest BCUT2D eigenvalue weighted by Crippen LogP contribution is -2.29. The van der Waals surface area contributed by atoms with Crippen LogP contribution in [-0.4, -0.2) is 119 Å². The van der Waals surface area contributed by atoms with E-state index in [4.69, 9.17) is 0 Å². The molecule has 18 nitrogen and oxygen atoms in total. The van der Waals surface area contributed by atoms with Gasteiger partial charge in [-0.25, -0.2) is 21.1 Å². The van der Waals surface area contributed by atoms with Gasteiger partial charge in [0.25, 0.3) is 30.4 Å². The van der Waals surface area contributed by atoms with Crippen molar-refractivity contribution in [2.24, 2.45) is 5.92 Å². The van der Waals surface area contributed by atoms with Gasteiger partial charge < -0.3 is 9.45 Å². The van der Waals surface area contributed by atoms with Gasteiger partial charge in [0.1, 0.15) is 17.2 Å². The highest BCUT2D eigenvalue weighted by atomic mass is 32.2. The number of anilines is 1. The number of hydrogen-bond acceptors (Lipinski definition) is 13. The number of rotatable bonds is 20. The summed E-state index contributed by atoms with van der Waals surface area (Å²) in [4.78, 5) is 12.7. The Kier molecular flexibility index (Phi) is 15.4. The monoisotopic (exact) mass is 1060 g/mol. The van der Waals surface area contributed by atoms with Crippen molar-refractivity contribution >= 4 is 94.9 Å². The smallest absolute Gasteiger partial charge is 0.295 e. The lowest BCUT2D eigenvalue weighted by molar-refractivity contribution is -0.437. The maximum absolute atomic E-state index is 14.1. The summed E-state index contributed by atoms with van der Waals surface area (Å²) in [5.41, 5.74) is 1.58. The van der Waals surface area contributed by atoms with E-state index in [9.17, 15) is 65.1 Å². The molecular formula is C47H57N3O15S5. The van der Waals surface area contributed by atoms with E-state index >= 15 is 0 Å². The zero-order valence-electron chi connectivity index (χ0n) is 39.6. The van der Waals surface area contributed by atoms with E-state index < -0.39 is 82.6 Å². The van der Waals surface area contributed by atoms with Crippen molar-refractivity contribution in [2.75, 3.05) is 43.1 Å². The minimum Gasteiger partial charge on any atom is -0.748 e. The Morgan fingerprint density at radius 2 is 1.40 bits per heavy atom. The Morgan fingerprint density at radius 1 is 0.743 bits per heavy atom. The highest BCUT2D eigenvalue weighted by Gasteiger charge is 2.46. The summed E-state index contributed by atoms with van der Waals surface area (Å²) in [5.74, 6) is -1.35. The van der Waals surface area contributed by atoms with E-state index in [1.807, 2.05) is 24.8 Å². The molecule has 0 amide bonds. The molecule has 2 aliphatic heterocycles. The number of sulfonamides is 1. The van der Waals surface area contributed by atoms with Crippen LogP contribution in [0.25, 0.3) is 21.5 Å². The molecule has 0 saturated carbocycles. The molecule has 0 aromatic heterocycles. The van der Waals surface area contributed by atoms with Crippen LogP contribution in [0.2, 0.25) is 0 Å². The third-order valence-corrected chi connectivity index (χ3v) is 18.1. The number of nitrogens with zero attached hydrogens (tertiary/aromatic N) is 3. The standard InChI is InChI=1S/C47H57N3O15S5/c1-31(2)39(51)16-12-24-48(7)68(58,59)40-17-11-15-35-33(40)20-22-37-44(35)46(3,4)42(49(37)25-13-27-66(52,53)54)18-9-8-10-19-43-47(5,6)45-36-29-32(69(60,61)62)30-41(70(63,64)65)34(36)21-23-38(45)50(43)26-14-28-67(55,56)57/h8-11,15,17-23,29-31H,12-14,16,24-28H2,1-7H3,(H3-,52,53,54,55,56,57,60,61,62,63,64,65). The fourth-order valence-electron chi connectivity index (χ4n) is 9.52. The van der Waals surface area contributed by atoms with Gasteiger partial charge in [0.15, 0.2) is 5.71 Å². The first-order valence-corrected chi connectivity index (χ1v) is 29.7. The van der Waals surface area contributed by atoms with Crippen LogP contribution in [0.4, 0.5) is 11.4 Å². The van der Waals surface area contributed by atoms with Crippen LogP contribution in [0.1, 0.15) is 78.4 Å². The molecule has 6 rings (SSSR count). The molecule has 380 valence electrons. The molecule has 4 aromatic carbocycles. The molecule has 0 saturated heterocycles. The summed E-state index contributed by atoms with van der Waals surface area (Å²) in [5, 5.41) is 1.11. The van der Waals surface area contributed by atoms with Crippen LogP contribution in [0.15, 0.2) is 105 Å². The van der Waals surface area contributed by atoms with Crippen LogP contribution in [0.3, 0.4) is 0 Å². The molecule has 0 spiro atoms. The van der Waals surface area contributed by atoms with Gasteiger partial charge in [0, 0.05) is 89.9 Å². The molecule has 70 heavy (non-hydrogen) atoms. The summed E-state index contributed by atoms with van der Waals surface area (Å²) >= 11 is 0. The lowest BCUT2D eigenvalue weighted by atomic mass is 9.79. The Labute approximate surface area is 410 Å². The summed E-state index contributed by atoms with van der Waals surface area (Å²) < 4.78 is 169. The number of ketones is 1. The summed E-state index contributed by atoms with van der Waals surface area (Å²) in [6.07, 6.45) is 9.11. The second-order valence-corrected chi connectivity index (χ2v) is 26.7. The zero-order chi connectivity index (χ0) is 52.2. The highest BCUT2D eigenvalue weighted by Crippen LogP contribution is 2.52. The number of carbonyl (C=O) groups excluding carboxylic acids is 1. The second kappa shape index (κ2) is 19.7. The third-order valence-electron chi connectivity index (χ3n) is 12.8. The van der Waals surface area contributed by atoms with E-state index in [0.717, 1.165) is 11.6 Å². The molecule has 2 heterocycles. The van der Waals surface area contributed by atoms with Crippen LogP contribution in [-0.2, 0) is 66.1 Å². The Balaban J connectivity index is 1.42. The summed E-state index contributed by atoms with van der Waals surface area (Å²) in [7, 11) is -21.5. The molecular weight excluding hydrogens is 1010 g/mol. The first kappa shape index (κ1) is 54.6. The van der Waals surface area contributed by atoms with Crippen molar-refractivity contribution in [3.8, 4) is 0 Å². The molecule has 0 aliphatic carbocycles. The molecule has 0 fully saturated rings. The van der Waals surface area contributed by atoms with Gasteiger partial charge in [0.2, 0.25) is 15.7 Å². The third kappa shape index (κ3) is 11.3. The zero-order valence-corrected chi connectivity index (χ0v) is 43.7. The van der Waals surface area contributed by atoms with Gasteiger partial charge in [-0.1, -0.05) is 64.1 Å². The molecule has 0 atom stereocenters. The van der Waals surface area contributed by atoms with Gasteiger partial charge in [-0.3, -0.25) is 18.5 Å². The van der Waals surface area contributed by atoms with E-state index in [2.05, 4.69) is 0 Å². The van der Waals surface area contributed by atoms with Crippen LogP contribution in [0.5, 0.6) is 0 Å². The number of allylic oxidation sites excluding steroid dienone is 6. The topological polar surface area (TPSA) is 281 Å². The van der Waals surface area contributed by atoms with E-state index in [0.29, 0.717) is 51.6 Å². The fraction of sp³-hybridized carbons (Fsp3) is 0.404. The first-order chi connectivity index (χ1) is 32.2. The predicted octanol–water partition coefficient (Wildman–Crippen LogP) is 6.50.